The fourth-order valence-corrected chi connectivity index (χ4v) is 5.37. The normalized spacial score (nSPS) is 14.0. The van der Waals surface area contributed by atoms with E-state index in [1.807, 2.05) is 19.9 Å². The molecule has 3 aromatic rings. The van der Waals surface area contributed by atoms with Crippen LogP contribution in [0.4, 0.5) is 11.5 Å². The van der Waals surface area contributed by atoms with Gasteiger partial charge in [0.15, 0.2) is 0 Å². The highest BCUT2D eigenvalue weighted by Gasteiger charge is 2.27. The molecule has 0 aliphatic carbocycles. The molecule has 2 heterocycles. The Bertz CT molecular complexity index is 1360. The highest BCUT2D eigenvalue weighted by molar-refractivity contribution is 7.92. The van der Waals surface area contributed by atoms with Crippen molar-refractivity contribution in [2.24, 2.45) is 0 Å². The fourth-order valence-electron chi connectivity index (χ4n) is 3.80. The van der Waals surface area contributed by atoms with Crippen LogP contribution in [0.3, 0.4) is 0 Å². The molecule has 0 radical (unpaired) electrons. The highest BCUT2D eigenvalue weighted by Crippen LogP contribution is 2.36. The number of amides is 1. The number of rotatable bonds is 4. The summed E-state index contributed by atoms with van der Waals surface area (Å²) in [6, 6.07) is 9.91. The van der Waals surface area contributed by atoms with Crippen LogP contribution in [0.1, 0.15) is 34.5 Å². The minimum Gasteiger partial charge on any atom is -0.310 e. The Kier molecular flexibility index (Phi) is 5.56. The number of hydrogen-bond acceptors (Lipinski definition) is 5. The molecule has 0 fully saturated rings. The minimum absolute atomic E-state index is 0.0411. The van der Waals surface area contributed by atoms with Crippen LogP contribution in [0.15, 0.2) is 41.3 Å². The average Bonchev–Trinajstić information content (AvgIpc) is 2.94. The van der Waals surface area contributed by atoms with Gasteiger partial charge < -0.3 is 5.32 Å². The summed E-state index contributed by atoms with van der Waals surface area (Å²) in [5.41, 5.74) is 3.67. The molecular formula is C22H21ClN4O4S. The second-order valence-electron chi connectivity index (χ2n) is 7.79. The van der Waals surface area contributed by atoms with E-state index < -0.39 is 10.0 Å². The number of sulfonamides is 1. The number of hydrogen-bond donors (Lipinski definition) is 2. The SMILES string of the molecule is Cc1cc(C)cc(NS(=O)(=O)c2cc(-c3c(C)nn4c3NC(=O)CCC4=O)ccc2Cl)c1. The molecule has 0 spiro atoms. The first-order valence-corrected chi connectivity index (χ1v) is 11.7. The van der Waals surface area contributed by atoms with E-state index in [9.17, 15) is 18.0 Å². The zero-order valence-electron chi connectivity index (χ0n) is 17.7. The summed E-state index contributed by atoms with van der Waals surface area (Å²) >= 11 is 6.26. The van der Waals surface area contributed by atoms with Gasteiger partial charge in [0.25, 0.3) is 10.0 Å². The number of carbonyl (C=O) groups excluding carboxylic acids is 2. The van der Waals surface area contributed by atoms with Crippen LogP contribution in [0.25, 0.3) is 11.1 Å². The second kappa shape index (κ2) is 8.07. The third-order valence-electron chi connectivity index (χ3n) is 5.10. The molecule has 1 aromatic heterocycles. The van der Waals surface area contributed by atoms with Crippen LogP contribution in [0.5, 0.6) is 0 Å². The van der Waals surface area contributed by atoms with Gasteiger partial charge in [-0.2, -0.15) is 9.78 Å². The summed E-state index contributed by atoms with van der Waals surface area (Å²) in [4.78, 5) is 24.3. The van der Waals surface area contributed by atoms with E-state index in [1.54, 1.807) is 25.1 Å². The summed E-state index contributed by atoms with van der Waals surface area (Å²) in [5, 5.41) is 7.01. The van der Waals surface area contributed by atoms with Gasteiger partial charge in [0.05, 0.1) is 10.7 Å². The predicted octanol–water partition coefficient (Wildman–Crippen LogP) is 4.30. The van der Waals surface area contributed by atoms with E-state index in [2.05, 4.69) is 15.1 Å². The number of aryl methyl sites for hydroxylation is 3. The molecule has 0 atom stereocenters. The molecule has 1 aliphatic rings. The smallest absolute Gasteiger partial charge is 0.263 e. The van der Waals surface area contributed by atoms with E-state index in [0.29, 0.717) is 22.5 Å². The molecule has 0 saturated carbocycles. The van der Waals surface area contributed by atoms with Crippen molar-refractivity contribution < 1.29 is 18.0 Å². The summed E-state index contributed by atoms with van der Waals surface area (Å²) in [6.45, 7) is 5.44. The molecule has 0 saturated heterocycles. The number of benzene rings is 2. The van der Waals surface area contributed by atoms with Gasteiger partial charge in [0, 0.05) is 24.1 Å². The van der Waals surface area contributed by atoms with Crippen molar-refractivity contribution >= 4 is 44.9 Å². The van der Waals surface area contributed by atoms with Crippen molar-refractivity contribution in [1.29, 1.82) is 0 Å². The summed E-state index contributed by atoms with van der Waals surface area (Å²) in [7, 11) is -4.02. The average molecular weight is 473 g/mol. The summed E-state index contributed by atoms with van der Waals surface area (Å²) < 4.78 is 30.1. The maximum Gasteiger partial charge on any atom is 0.263 e. The standard InChI is InChI=1S/C22H21ClN4O4S/c1-12-8-13(2)10-16(9-12)26-32(30,31)18-11-15(4-5-17(18)23)21-14(3)25-27-20(29)7-6-19(28)24-22(21)27/h4-5,8-11,26H,6-7H2,1-3H3,(H,24,28). The van der Waals surface area contributed by atoms with Crippen LogP contribution in [0, 0.1) is 20.8 Å². The predicted molar refractivity (Wildman–Crippen MR) is 123 cm³/mol. The molecule has 32 heavy (non-hydrogen) atoms. The Balaban J connectivity index is 1.81. The number of halogens is 1. The third-order valence-corrected chi connectivity index (χ3v) is 6.97. The largest absolute Gasteiger partial charge is 0.310 e. The molecule has 2 aromatic carbocycles. The Hall–Kier alpha value is -3.17. The maximum atomic E-state index is 13.2. The van der Waals surface area contributed by atoms with E-state index in [4.69, 9.17) is 11.6 Å². The fraction of sp³-hybridized carbons (Fsp3) is 0.227. The summed E-state index contributed by atoms with van der Waals surface area (Å²) in [6.07, 6.45) is 0.0974. The Morgan fingerprint density at radius 2 is 1.72 bits per heavy atom. The van der Waals surface area contributed by atoms with Crippen LogP contribution >= 0.6 is 11.6 Å². The Morgan fingerprint density at radius 1 is 1.03 bits per heavy atom. The van der Waals surface area contributed by atoms with Crippen molar-refractivity contribution in [3.63, 3.8) is 0 Å². The molecule has 166 valence electrons. The molecule has 1 amide bonds. The molecule has 1 aliphatic heterocycles. The molecular weight excluding hydrogens is 452 g/mol. The van der Waals surface area contributed by atoms with Gasteiger partial charge >= 0.3 is 0 Å². The van der Waals surface area contributed by atoms with Gasteiger partial charge in [-0.1, -0.05) is 23.7 Å². The molecule has 4 rings (SSSR count). The quantitative estimate of drug-likeness (QED) is 0.588. The van der Waals surface area contributed by atoms with E-state index >= 15 is 0 Å². The molecule has 10 heteroatoms. The number of anilines is 2. The Morgan fingerprint density at radius 3 is 2.41 bits per heavy atom. The monoisotopic (exact) mass is 472 g/mol. The topological polar surface area (TPSA) is 110 Å². The number of nitrogens with zero attached hydrogens (tertiary/aromatic N) is 2. The number of nitrogens with one attached hydrogen (secondary N) is 2. The van der Waals surface area contributed by atoms with Crippen molar-refractivity contribution in [2.45, 2.75) is 38.5 Å². The second-order valence-corrected chi connectivity index (χ2v) is 9.85. The summed E-state index contributed by atoms with van der Waals surface area (Å²) in [5.74, 6) is -0.398. The lowest BCUT2D eigenvalue weighted by molar-refractivity contribution is -0.116. The molecule has 2 N–H and O–H groups in total. The first-order chi connectivity index (χ1) is 15.0. The minimum atomic E-state index is -4.02. The number of fused-ring (bicyclic) bond motifs is 1. The van der Waals surface area contributed by atoms with E-state index in [0.717, 1.165) is 15.8 Å². The van der Waals surface area contributed by atoms with Crippen LogP contribution in [-0.4, -0.2) is 30.0 Å². The van der Waals surface area contributed by atoms with Crippen molar-refractivity contribution in [3.05, 3.63) is 58.2 Å². The number of aromatic nitrogens is 2. The van der Waals surface area contributed by atoms with Crippen molar-refractivity contribution in [3.8, 4) is 11.1 Å². The Labute approximate surface area is 190 Å². The number of carbonyl (C=O) groups is 2. The zero-order valence-corrected chi connectivity index (χ0v) is 19.3. The first-order valence-electron chi connectivity index (χ1n) is 9.89. The van der Waals surface area contributed by atoms with Gasteiger partial charge in [0.2, 0.25) is 11.8 Å². The van der Waals surface area contributed by atoms with Gasteiger partial charge in [-0.25, -0.2) is 8.42 Å². The lowest BCUT2D eigenvalue weighted by Crippen LogP contribution is -2.14. The third kappa shape index (κ3) is 4.13. The molecule has 8 nitrogen and oxygen atoms in total. The lowest BCUT2D eigenvalue weighted by Gasteiger charge is -2.13. The lowest BCUT2D eigenvalue weighted by atomic mass is 10.1. The van der Waals surface area contributed by atoms with Gasteiger partial charge in [0.1, 0.15) is 10.7 Å². The first kappa shape index (κ1) is 22.0. The van der Waals surface area contributed by atoms with Gasteiger partial charge in [-0.3, -0.25) is 14.3 Å². The molecule has 0 unspecified atom stereocenters. The van der Waals surface area contributed by atoms with Crippen molar-refractivity contribution in [2.75, 3.05) is 10.0 Å². The van der Waals surface area contributed by atoms with E-state index in [1.165, 1.54) is 12.1 Å². The van der Waals surface area contributed by atoms with Gasteiger partial charge in [-0.15, -0.1) is 0 Å². The van der Waals surface area contributed by atoms with Crippen LogP contribution in [-0.2, 0) is 14.8 Å². The van der Waals surface area contributed by atoms with Crippen LogP contribution in [0.2, 0.25) is 5.02 Å². The van der Waals surface area contributed by atoms with Crippen molar-refractivity contribution in [1.82, 2.24) is 9.78 Å². The van der Waals surface area contributed by atoms with Gasteiger partial charge in [-0.05, 0) is 61.7 Å². The maximum absolute atomic E-state index is 13.2. The molecule has 0 bridgehead atoms. The zero-order chi connectivity index (χ0) is 23.2. The van der Waals surface area contributed by atoms with E-state index in [-0.39, 0.29) is 40.4 Å². The highest BCUT2D eigenvalue weighted by atomic mass is 35.5. The van der Waals surface area contributed by atoms with Crippen LogP contribution < -0.4 is 10.0 Å².